The van der Waals surface area contributed by atoms with Crippen molar-refractivity contribution in [3.05, 3.63) is 51.8 Å². The Balaban J connectivity index is 1.57. The second-order valence-corrected chi connectivity index (χ2v) is 9.30. The molecule has 2 heterocycles. The Morgan fingerprint density at radius 3 is 2.76 bits per heavy atom. The minimum atomic E-state index is -0.178. The van der Waals surface area contributed by atoms with Crippen LogP contribution in [-0.2, 0) is 19.4 Å². The third kappa shape index (κ3) is 3.57. The summed E-state index contributed by atoms with van der Waals surface area (Å²) in [5, 5.41) is 0. The lowest BCUT2D eigenvalue weighted by Crippen LogP contribution is -2.18. The van der Waals surface area contributed by atoms with E-state index in [4.69, 9.17) is 9.47 Å². The number of ether oxygens (including phenoxy) is 2. The Hall–Kier alpha value is -2.25. The van der Waals surface area contributed by atoms with Gasteiger partial charge in [-0.3, -0.25) is 4.79 Å². The van der Waals surface area contributed by atoms with Gasteiger partial charge < -0.3 is 14.0 Å². The highest BCUT2D eigenvalue weighted by atomic mass is 32.2. The molecule has 1 amide bonds. The maximum absolute atomic E-state index is 13.0. The zero-order chi connectivity index (χ0) is 19.8. The van der Waals surface area contributed by atoms with Crippen LogP contribution in [0.15, 0.2) is 35.3 Å². The second kappa shape index (κ2) is 7.88. The minimum Gasteiger partial charge on any atom is -0.454 e. The van der Waals surface area contributed by atoms with Crippen LogP contribution in [-0.4, -0.2) is 29.3 Å². The molecule has 5 nitrogen and oxygen atoms in total. The van der Waals surface area contributed by atoms with Crippen molar-refractivity contribution in [2.75, 3.05) is 18.8 Å². The van der Waals surface area contributed by atoms with Gasteiger partial charge in [0.1, 0.15) is 0 Å². The Labute approximate surface area is 177 Å². The van der Waals surface area contributed by atoms with Crippen LogP contribution < -0.4 is 14.3 Å². The summed E-state index contributed by atoms with van der Waals surface area (Å²) in [5.74, 6) is 2.27. The Morgan fingerprint density at radius 1 is 1.14 bits per heavy atom. The molecule has 0 N–H and O–H groups in total. The van der Waals surface area contributed by atoms with Crippen molar-refractivity contribution in [2.45, 2.75) is 32.2 Å². The topological polar surface area (TPSA) is 52.8 Å². The van der Waals surface area contributed by atoms with Gasteiger partial charge in [0.05, 0.1) is 10.2 Å². The van der Waals surface area contributed by atoms with E-state index >= 15 is 0 Å². The van der Waals surface area contributed by atoms with Crippen molar-refractivity contribution in [1.82, 2.24) is 4.57 Å². The maximum atomic E-state index is 13.0. The molecule has 2 aliphatic rings. The van der Waals surface area contributed by atoms with Gasteiger partial charge in [0.2, 0.25) is 6.79 Å². The van der Waals surface area contributed by atoms with E-state index in [1.54, 1.807) is 11.8 Å². The molecule has 5 rings (SSSR count). The lowest BCUT2D eigenvalue weighted by Gasteiger charge is -2.15. The number of thioether (sulfide) groups is 1. The van der Waals surface area contributed by atoms with Crippen molar-refractivity contribution in [3.63, 3.8) is 0 Å². The summed E-state index contributed by atoms with van der Waals surface area (Å²) >= 11 is 3.30. The molecule has 0 saturated carbocycles. The molecule has 0 bridgehead atoms. The third-order valence-corrected chi connectivity index (χ3v) is 7.12. The summed E-state index contributed by atoms with van der Waals surface area (Å²) in [7, 11) is 0. The molecule has 1 aliphatic heterocycles. The molecule has 2 aromatic carbocycles. The van der Waals surface area contributed by atoms with Gasteiger partial charge in [0.15, 0.2) is 16.3 Å². The van der Waals surface area contributed by atoms with Gasteiger partial charge in [0, 0.05) is 30.0 Å². The van der Waals surface area contributed by atoms with E-state index in [1.807, 2.05) is 24.3 Å². The highest BCUT2D eigenvalue weighted by Crippen LogP contribution is 2.37. The number of hydrogen-bond donors (Lipinski definition) is 0. The Bertz CT molecular complexity index is 1160. The molecule has 1 aromatic heterocycles. The molecule has 1 aliphatic carbocycles. The van der Waals surface area contributed by atoms with E-state index in [1.165, 1.54) is 35.3 Å². The first-order chi connectivity index (χ1) is 14.2. The predicted octanol–water partition coefficient (Wildman–Crippen LogP) is 4.41. The van der Waals surface area contributed by atoms with Gasteiger partial charge in [0.25, 0.3) is 5.91 Å². The van der Waals surface area contributed by atoms with E-state index in [9.17, 15) is 4.79 Å². The van der Waals surface area contributed by atoms with E-state index in [0.717, 1.165) is 51.7 Å². The van der Waals surface area contributed by atoms with Gasteiger partial charge in [-0.05, 0) is 55.2 Å². The van der Waals surface area contributed by atoms with Crippen LogP contribution in [0.25, 0.3) is 10.2 Å². The number of rotatable bonds is 4. The highest BCUT2D eigenvalue weighted by molar-refractivity contribution is 7.98. The first-order valence-electron chi connectivity index (χ1n) is 9.86. The molecule has 0 unspecified atom stereocenters. The van der Waals surface area contributed by atoms with Gasteiger partial charge in [-0.2, -0.15) is 16.8 Å². The number of aromatic nitrogens is 1. The molecule has 0 radical (unpaired) electrons. The largest absolute Gasteiger partial charge is 0.454 e. The fraction of sp³-hybridized carbons (Fsp3) is 0.364. The van der Waals surface area contributed by atoms with Crippen molar-refractivity contribution >= 4 is 39.2 Å². The number of nitrogens with zero attached hydrogens (tertiary/aromatic N) is 2. The number of thiazole rings is 1. The Kier molecular flexibility index (Phi) is 5.09. The smallest absolute Gasteiger partial charge is 0.279 e. The zero-order valence-corrected chi connectivity index (χ0v) is 17.9. The molecular weight excluding hydrogens is 404 g/mol. The quantitative estimate of drug-likeness (QED) is 0.620. The standard InChI is InChI=1S/C22H22N2O3S2/c1-28-9-8-24-17-11-18-19(27-13-26-18)12-20(17)29-22(24)23-21(25)16-7-6-14-4-2-3-5-15(14)10-16/h6-7,10-12H,2-5,8-9,13H2,1H3. The monoisotopic (exact) mass is 426 g/mol. The molecule has 7 heteroatoms. The van der Waals surface area contributed by atoms with E-state index in [2.05, 4.69) is 21.9 Å². The van der Waals surface area contributed by atoms with Gasteiger partial charge >= 0.3 is 0 Å². The van der Waals surface area contributed by atoms with Crippen molar-refractivity contribution < 1.29 is 14.3 Å². The van der Waals surface area contributed by atoms with E-state index in [-0.39, 0.29) is 12.7 Å². The first kappa shape index (κ1) is 18.8. The zero-order valence-electron chi connectivity index (χ0n) is 16.3. The lowest BCUT2D eigenvalue weighted by molar-refractivity contribution is 0.0997. The number of aryl methyl sites for hydroxylation is 3. The van der Waals surface area contributed by atoms with Crippen molar-refractivity contribution in [3.8, 4) is 11.5 Å². The fourth-order valence-corrected chi connectivity index (χ4v) is 5.39. The first-order valence-corrected chi connectivity index (χ1v) is 12.1. The normalized spacial score (nSPS) is 15.7. The minimum absolute atomic E-state index is 0.178. The number of benzene rings is 2. The third-order valence-electron chi connectivity index (χ3n) is 5.49. The van der Waals surface area contributed by atoms with Gasteiger partial charge in [-0.15, -0.1) is 0 Å². The number of carbonyl (C=O) groups excluding carboxylic acids is 1. The Morgan fingerprint density at radius 2 is 1.93 bits per heavy atom. The van der Waals surface area contributed by atoms with Crippen molar-refractivity contribution in [1.29, 1.82) is 0 Å². The molecule has 0 atom stereocenters. The molecule has 0 spiro atoms. The van der Waals surface area contributed by atoms with E-state index < -0.39 is 0 Å². The van der Waals surface area contributed by atoms with E-state index in [0.29, 0.717) is 5.56 Å². The molecule has 3 aromatic rings. The van der Waals surface area contributed by atoms with Crippen LogP contribution in [0, 0.1) is 0 Å². The molecular formula is C22H22N2O3S2. The molecule has 0 fully saturated rings. The van der Waals surface area contributed by atoms with Crippen LogP contribution in [0.2, 0.25) is 0 Å². The predicted molar refractivity (Wildman–Crippen MR) is 117 cm³/mol. The maximum Gasteiger partial charge on any atom is 0.279 e. The average Bonchev–Trinajstić information content (AvgIpc) is 3.33. The average molecular weight is 427 g/mol. The summed E-state index contributed by atoms with van der Waals surface area (Å²) < 4.78 is 14.2. The lowest BCUT2D eigenvalue weighted by atomic mass is 9.90. The second-order valence-electron chi connectivity index (χ2n) is 7.31. The van der Waals surface area contributed by atoms with Crippen LogP contribution in [0.3, 0.4) is 0 Å². The molecule has 29 heavy (non-hydrogen) atoms. The number of amides is 1. The van der Waals surface area contributed by atoms with Crippen LogP contribution in [0.1, 0.15) is 34.3 Å². The highest BCUT2D eigenvalue weighted by Gasteiger charge is 2.18. The number of carbonyl (C=O) groups is 1. The van der Waals surface area contributed by atoms with Gasteiger partial charge in [-0.1, -0.05) is 17.4 Å². The SMILES string of the molecule is CSCCn1c(=NC(=O)c2ccc3c(c2)CCCC3)sc2cc3c(cc21)OCO3. The van der Waals surface area contributed by atoms with Crippen molar-refractivity contribution in [2.24, 2.45) is 4.99 Å². The summed E-state index contributed by atoms with van der Waals surface area (Å²) in [6, 6.07) is 10.0. The number of fused-ring (bicyclic) bond motifs is 3. The molecule has 150 valence electrons. The number of hydrogen-bond acceptors (Lipinski definition) is 5. The fourth-order valence-electron chi connectivity index (χ4n) is 3.96. The summed E-state index contributed by atoms with van der Waals surface area (Å²) in [4.78, 5) is 18.2. The summed E-state index contributed by atoms with van der Waals surface area (Å²) in [6.45, 7) is 1.04. The van der Waals surface area contributed by atoms with Crippen LogP contribution >= 0.6 is 23.1 Å². The van der Waals surface area contributed by atoms with Gasteiger partial charge in [-0.25, -0.2) is 0 Å². The van der Waals surface area contributed by atoms with Crippen LogP contribution in [0.5, 0.6) is 11.5 Å². The molecule has 0 saturated heterocycles. The summed E-state index contributed by atoms with van der Waals surface area (Å²) in [5.41, 5.74) is 4.38. The van der Waals surface area contributed by atoms with Crippen LogP contribution in [0.4, 0.5) is 0 Å². The summed E-state index contributed by atoms with van der Waals surface area (Å²) in [6.07, 6.45) is 6.68.